The summed E-state index contributed by atoms with van der Waals surface area (Å²) in [6.45, 7) is 1.86. The van der Waals surface area contributed by atoms with Crippen LogP contribution in [0.3, 0.4) is 0 Å². The minimum absolute atomic E-state index is 0.0341. The number of ether oxygens (including phenoxy) is 2. The van der Waals surface area contributed by atoms with Crippen molar-refractivity contribution in [1.82, 2.24) is 24.6 Å². The molecule has 178 valence electrons. The van der Waals surface area contributed by atoms with E-state index in [2.05, 4.69) is 10.1 Å². The molecular formula is C27H27N5O3. The highest BCUT2D eigenvalue weighted by atomic mass is 16.5. The van der Waals surface area contributed by atoms with Crippen LogP contribution in [0.5, 0.6) is 17.4 Å². The Kier molecular flexibility index (Phi) is 6.70. The fourth-order valence-corrected chi connectivity index (χ4v) is 4.43. The summed E-state index contributed by atoms with van der Waals surface area (Å²) in [7, 11) is 1.60. The number of hydrogen-bond acceptors (Lipinski definition) is 6. The van der Waals surface area contributed by atoms with Gasteiger partial charge in [0.2, 0.25) is 5.88 Å². The summed E-state index contributed by atoms with van der Waals surface area (Å²) in [5.74, 6) is 1.73. The van der Waals surface area contributed by atoms with Crippen molar-refractivity contribution in [2.45, 2.75) is 25.3 Å². The molecule has 35 heavy (non-hydrogen) atoms. The first-order valence-corrected chi connectivity index (χ1v) is 11.7. The molecular weight excluding hydrogens is 442 g/mol. The second-order valence-electron chi connectivity index (χ2n) is 8.49. The summed E-state index contributed by atoms with van der Waals surface area (Å²) in [4.78, 5) is 24.5. The van der Waals surface area contributed by atoms with Gasteiger partial charge in [0.05, 0.1) is 25.5 Å². The summed E-state index contributed by atoms with van der Waals surface area (Å²) < 4.78 is 13.1. The Morgan fingerprint density at radius 2 is 1.89 bits per heavy atom. The van der Waals surface area contributed by atoms with Crippen LogP contribution < -0.4 is 9.47 Å². The molecule has 0 N–H and O–H groups in total. The lowest BCUT2D eigenvalue weighted by atomic mass is 9.94. The lowest BCUT2D eigenvalue weighted by molar-refractivity contribution is 0.0704. The molecule has 2 aromatic carbocycles. The number of piperidine rings is 1. The third kappa shape index (κ3) is 5.16. The van der Waals surface area contributed by atoms with Crippen LogP contribution in [0.1, 0.15) is 40.4 Å². The summed E-state index contributed by atoms with van der Waals surface area (Å²) in [5, 5.41) is 4.28. The van der Waals surface area contributed by atoms with Crippen LogP contribution in [0.25, 0.3) is 0 Å². The quantitative estimate of drug-likeness (QED) is 0.395. The van der Waals surface area contributed by atoms with E-state index < -0.39 is 0 Å². The van der Waals surface area contributed by atoms with E-state index in [0.29, 0.717) is 36.0 Å². The Hall–Kier alpha value is -4.20. The molecule has 3 heterocycles. The molecule has 1 aliphatic rings. The molecule has 0 saturated carbocycles. The molecule has 8 heteroatoms. The van der Waals surface area contributed by atoms with Crippen molar-refractivity contribution in [3.8, 4) is 17.4 Å². The van der Waals surface area contributed by atoms with Gasteiger partial charge in [0, 0.05) is 43.2 Å². The van der Waals surface area contributed by atoms with Crippen LogP contribution in [-0.4, -0.2) is 50.8 Å². The van der Waals surface area contributed by atoms with Crippen LogP contribution in [0.15, 0.2) is 79.4 Å². The van der Waals surface area contributed by atoms with Crippen molar-refractivity contribution >= 4 is 5.91 Å². The molecule has 4 aromatic rings. The normalized spacial score (nSPS) is 15.6. The van der Waals surface area contributed by atoms with Crippen molar-refractivity contribution in [2.24, 2.45) is 0 Å². The minimum Gasteiger partial charge on any atom is -0.493 e. The molecule has 5 rings (SSSR count). The van der Waals surface area contributed by atoms with Gasteiger partial charge in [0.1, 0.15) is 0 Å². The van der Waals surface area contributed by atoms with Gasteiger partial charge in [-0.2, -0.15) is 5.10 Å². The SMILES string of the molecule is COc1ccccc1Oc1cncc([C@H]2CCCN(C(=O)c3ccccc3Cn3cccn3)C2)n1. The molecule has 0 unspecified atom stereocenters. The van der Waals surface area contributed by atoms with E-state index in [9.17, 15) is 4.79 Å². The number of methoxy groups -OCH3 is 1. The number of benzene rings is 2. The van der Waals surface area contributed by atoms with E-state index in [1.807, 2.05) is 70.4 Å². The number of amides is 1. The molecule has 1 aliphatic heterocycles. The third-order valence-electron chi connectivity index (χ3n) is 6.18. The van der Waals surface area contributed by atoms with Crippen LogP contribution in [0, 0.1) is 0 Å². The summed E-state index contributed by atoms with van der Waals surface area (Å²) >= 11 is 0. The standard InChI is InChI=1S/C27H27N5O3/c1-34-24-11-4-5-12-25(24)35-26-17-28-16-23(30-26)21-9-6-14-31(18-21)27(33)22-10-3-2-8-20(22)19-32-15-7-13-29-32/h2-5,7-8,10-13,15-17,21H,6,9,14,18-19H2,1H3/t21-/m0/s1. The summed E-state index contributed by atoms with van der Waals surface area (Å²) in [6, 6.07) is 17.1. The minimum atomic E-state index is 0.0341. The van der Waals surface area contributed by atoms with Crippen molar-refractivity contribution in [3.63, 3.8) is 0 Å². The summed E-state index contributed by atoms with van der Waals surface area (Å²) in [6.07, 6.45) is 8.83. The average molecular weight is 470 g/mol. The Labute approximate surface area is 204 Å². The van der Waals surface area contributed by atoms with Gasteiger partial charge >= 0.3 is 0 Å². The third-order valence-corrected chi connectivity index (χ3v) is 6.18. The second kappa shape index (κ2) is 10.4. The van der Waals surface area contributed by atoms with Gasteiger partial charge in [-0.1, -0.05) is 30.3 Å². The number of nitrogens with zero attached hydrogens (tertiary/aromatic N) is 5. The largest absolute Gasteiger partial charge is 0.493 e. The van der Waals surface area contributed by atoms with Gasteiger partial charge in [-0.15, -0.1) is 0 Å². The lowest BCUT2D eigenvalue weighted by Gasteiger charge is -2.33. The van der Waals surface area contributed by atoms with E-state index >= 15 is 0 Å². The van der Waals surface area contributed by atoms with Crippen molar-refractivity contribution in [1.29, 1.82) is 0 Å². The molecule has 1 amide bonds. The van der Waals surface area contributed by atoms with E-state index in [0.717, 1.165) is 30.6 Å². The number of hydrogen-bond donors (Lipinski definition) is 0. The topological polar surface area (TPSA) is 82.4 Å². The zero-order chi connectivity index (χ0) is 24.0. The van der Waals surface area contributed by atoms with Gasteiger partial charge in [-0.25, -0.2) is 4.98 Å². The zero-order valence-electron chi connectivity index (χ0n) is 19.6. The molecule has 1 fully saturated rings. The molecule has 0 radical (unpaired) electrons. The first kappa shape index (κ1) is 22.6. The molecule has 2 aromatic heterocycles. The zero-order valence-corrected chi connectivity index (χ0v) is 19.6. The number of carbonyl (C=O) groups is 1. The number of aromatic nitrogens is 4. The van der Waals surface area contributed by atoms with E-state index in [4.69, 9.17) is 14.5 Å². The molecule has 0 aliphatic carbocycles. The highest BCUT2D eigenvalue weighted by Gasteiger charge is 2.28. The van der Waals surface area contributed by atoms with Crippen molar-refractivity contribution in [2.75, 3.05) is 20.2 Å². The fourth-order valence-electron chi connectivity index (χ4n) is 4.43. The van der Waals surface area contributed by atoms with E-state index in [1.54, 1.807) is 25.7 Å². The number of likely N-dealkylation sites (tertiary alicyclic amines) is 1. The van der Waals surface area contributed by atoms with Gasteiger partial charge in [0.15, 0.2) is 11.5 Å². The van der Waals surface area contributed by atoms with Crippen LogP contribution in [0.2, 0.25) is 0 Å². The van der Waals surface area contributed by atoms with Gasteiger partial charge < -0.3 is 14.4 Å². The molecule has 0 spiro atoms. The van der Waals surface area contributed by atoms with Crippen LogP contribution in [0.4, 0.5) is 0 Å². The maximum atomic E-state index is 13.5. The maximum absolute atomic E-state index is 13.5. The number of rotatable bonds is 7. The lowest BCUT2D eigenvalue weighted by Crippen LogP contribution is -2.39. The Morgan fingerprint density at radius 1 is 1.06 bits per heavy atom. The maximum Gasteiger partial charge on any atom is 0.254 e. The summed E-state index contributed by atoms with van der Waals surface area (Å²) in [5.41, 5.74) is 2.48. The van der Waals surface area contributed by atoms with Crippen LogP contribution >= 0.6 is 0 Å². The predicted octanol–water partition coefficient (Wildman–Crippen LogP) is 4.54. The van der Waals surface area contributed by atoms with E-state index in [-0.39, 0.29) is 11.8 Å². The Bertz CT molecular complexity index is 1290. The monoisotopic (exact) mass is 469 g/mol. The van der Waals surface area contributed by atoms with Gasteiger partial charge in [0.25, 0.3) is 5.91 Å². The predicted molar refractivity (Wildman–Crippen MR) is 131 cm³/mol. The van der Waals surface area contributed by atoms with Crippen molar-refractivity contribution in [3.05, 3.63) is 96.2 Å². The average Bonchev–Trinajstić information content (AvgIpc) is 3.42. The smallest absolute Gasteiger partial charge is 0.254 e. The highest BCUT2D eigenvalue weighted by molar-refractivity contribution is 5.95. The Morgan fingerprint density at radius 3 is 2.71 bits per heavy atom. The van der Waals surface area contributed by atoms with Gasteiger partial charge in [-0.3, -0.25) is 14.5 Å². The first-order chi connectivity index (χ1) is 17.2. The number of carbonyl (C=O) groups excluding carboxylic acids is 1. The first-order valence-electron chi connectivity index (χ1n) is 11.7. The Balaban J connectivity index is 1.32. The highest BCUT2D eigenvalue weighted by Crippen LogP contribution is 2.32. The van der Waals surface area contributed by atoms with Crippen molar-refractivity contribution < 1.29 is 14.3 Å². The molecule has 1 saturated heterocycles. The fraction of sp³-hybridized carbons (Fsp3) is 0.259. The molecule has 8 nitrogen and oxygen atoms in total. The van der Waals surface area contributed by atoms with E-state index in [1.165, 1.54) is 0 Å². The van der Waals surface area contributed by atoms with Crippen LogP contribution in [-0.2, 0) is 6.54 Å². The second-order valence-corrected chi connectivity index (χ2v) is 8.49. The molecule has 1 atom stereocenters. The van der Waals surface area contributed by atoms with Gasteiger partial charge in [-0.05, 0) is 42.7 Å². The molecule has 0 bridgehead atoms. The number of para-hydroxylation sites is 2.